The van der Waals surface area contributed by atoms with E-state index in [0.29, 0.717) is 47.4 Å². The Kier molecular flexibility index (Phi) is 13.9. The van der Waals surface area contributed by atoms with Crippen LogP contribution in [0.4, 0.5) is 5.69 Å². The monoisotopic (exact) mass is 796 g/mol. The van der Waals surface area contributed by atoms with Crippen LogP contribution in [0.2, 0.25) is 0 Å². The van der Waals surface area contributed by atoms with Crippen LogP contribution in [0.15, 0.2) is 41.3 Å². The Balaban J connectivity index is 1.41. The second kappa shape index (κ2) is 18.6. The van der Waals surface area contributed by atoms with Gasteiger partial charge >= 0.3 is 0 Å². The maximum atomic E-state index is 14.1. The number of amides is 4. The van der Waals surface area contributed by atoms with Gasteiger partial charge in [0, 0.05) is 39.4 Å². The average molecular weight is 797 g/mol. The number of nitrogens with one attached hydrogen (secondary N) is 3. The van der Waals surface area contributed by atoms with E-state index in [9.17, 15) is 27.6 Å². The first-order chi connectivity index (χ1) is 26.7. The van der Waals surface area contributed by atoms with Gasteiger partial charge in [0.2, 0.25) is 33.7 Å². The zero-order chi connectivity index (χ0) is 40.6. The summed E-state index contributed by atoms with van der Waals surface area (Å²) in [5, 5.41) is 13.3. The van der Waals surface area contributed by atoms with E-state index in [2.05, 4.69) is 21.0 Å². The molecule has 0 unspecified atom stereocenters. The molecule has 3 N–H and O–H groups in total. The number of nitrogens with zero attached hydrogens (tertiary/aromatic N) is 5. The van der Waals surface area contributed by atoms with Crippen LogP contribution in [0.1, 0.15) is 76.6 Å². The van der Waals surface area contributed by atoms with Gasteiger partial charge in [-0.25, -0.2) is 18.1 Å². The molecule has 3 heterocycles. The van der Waals surface area contributed by atoms with Crippen molar-refractivity contribution in [2.24, 2.45) is 5.92 Å². The van der Waals surface area contributed by atoms with Crippen LogP contribution in [0, 0.1) is 5.92 Å². The van der Waals surface area contributed by atoms with Crippen molar-refractivity contribution in [2.45, 2.75) is 83.3 Å². The van der Waals surface area contributed by atoms with Gasteiger partial charge in [0.1, 0.15) is 30.8 Å². The zero-order valence-electron chi connectivity index (χ0n) is 32.8. The fourth-order valence-corrected chi connectivity index (χ4v) is 8.22. The molecule has 4 amide bonds. The van der Waals surface area contributed by atoms with Crippen LogP contribution >= 0.6 is 0 Å². The number of aromatic nitrogens is 3. The highest BCUT2D eigenvalue weighted by molar-refractivity contribution is 7.89. The average Bonchev–Trinajstić information content (AvgIpc) is 3.57. The van der Waals surface area contributed by atoms with Gasteiger partial charge in [-0.05, 0) is 61.6 Å². The van der Waals surface area contributed by atoms with E-state index in [1.54, 1.807) is 27.2 Å². The summed E-state index contributed by atoms with van der Waals surface area (Å²) in [5.74, 6) is 0.569. The number of sulfonamides is 1. The van der Waals surface area contributed by atoms with Crippen LogP contribution in [0.25, 0.3) is 0 Å². The molecule has 0 bridgehead atoms. The van der Waals surface area contributed by atoms with Gasteiger partial charge < -0.3 is 35.1 Å². The van der Waals surface area contributed by atoms with Gasteiger partial charge in [0.15, 0.2) is 17.3 Å². The van der Waals surface area contributed by atoms with Gasteiger partial charge in [-0.3, -0.25) is 19.2 Å². The Morgan fingerprint density at radius 2 is 1.75 bits per heavy atom. The molecule has 1 aromatic heterocycles. The smallest absolute Gasteiger partial charge is 0.243 e. The molecule has 2 aliphatic heterocycles. The topological polar surface area (TPSA) is 203 Å². The molecule has 0 saturated heterocycles. The second-order valence-corrected chi connectivity index (χ2v) is 15.9. The van der Waals surface area contributed by atoms with Crippen molar-refractivity contribution in [2.75, 3.05) is 51.9 Å². The third-order valence-electron chi connectivity index (χ3n) is 9.94. The summed E-state index contributed by atoms with van der Waals surface area (Å²) in [4.78, 5) is 58.9. The predicted octanol–water partition coefficient (Wildman–Crippen LogP) is 2.33. The third-order valence-corrected chi connectivity index (χ3v) is 11.8. The summed E-state index contributed by atoms with van der Waals surface area (Å²) in [6.07, 6.45) is 1.28. The molecular weight excluding hydrogens is 745 g/mol. The molecular formula is C38H52N8O9S. The number of hydrogen-bond acceptors (Lipinski definition) is 11. The number of ether oxygens (including phenoxy) is 3. The Hall–Kier alpha value is -5.23. The molecule has 0 fully saturated rings. The molecule has 2 aromatic carbocycles. The summed E-state index contributed by atoms with van der Waals surface area (Å²) in [6.45, 7) is 7.46. The van der Waals surface area contributed by atoms with E-state index in [-0.39, 0.29) is 81.2 Å². The molecule has 0 aliphatic carbocycles. The number of benzene rings is 2. The van der Waals surface area contributed by atoms with Crippen molar-refractivity contribution >= 4 is 39.3 Å². The lowest BCUT2D eigenvalue weighted by molar-refractivity contribution is -0.130. The van der Waals surface area contributed by atoms with E-state index < -0.39 is 33.9 Å². The largest absolute Gasteiger partial charge is 0.493 e. The standard InChI is InChI=1S/C38H52N8O9S/c1-7-24(2)36-38(50)40-25(3)37-41-33(21-27-11-13-31(53-5)32(20-27)54-6)43-46(37)23-35(49)39-15-9-17-44(16-8-10-34(48)42-36)56(51,52)28-12-14-30-29(22-28)45(26(4)47)18-19-55-30/h11-14,20,22,24-25,36H,7-10,15-19,21,23H2,1-6H3,(H,39,49)(H,40,50)(H,42,48)/t24-,25+,36-/m0/s1. The number of carbonyl (C=O) groups is 4. The first kappa shape index (κ1) is 41.9. The van der Waals surface area contributed by atoms with Gasteiger partial charge in [0.05, 0.1) is 37.4 Å². The van der Waals surface area contributed by atoms with Crippen molar-refractivity contribution in [1.29, 1.82) is 0 Å². The van der Waals surface area contributed by atoms with Crippen LogP contribution in [0.5, 0.6) is 17.2 Å². The Morgan fingerprint density at radius 3 is 2.46 bits per heavy atom. The molecule has 2 aliphatic rings. The summed E-state index contributed by atoms with van der Waals surface area (Å²) in [5.41, 5.74) is 1.19. The van der Waals surface area contributed by atoms with Crippen molar-refractivity contribution in [3.8, 4) is 17.2 Å². The number of hydrogen-bond donors (Lipinski definition) is 3. The van der Waals surface area contributed by atoms with E-state index in [1.165, 1.54) is 39.0 Å². The van der Waals surface area contributed by atoms with E-state index in [0.717, 1.165) is 5.56 Å². The number of carbonyl (C=O) groups excluding carboxylic acids is 4. The molecule has 18 heteroatoms. The van der Waals surface area contributed by atoms with E-state index in [1.807, 2.05) is 26.0 Å². The Morgan fingerprint density at radius 1 is 1.00 bits per heavy atom. The molecule has 0 saturated carbocycles. The molecule has 0 radical (unpaired) electrons. The highest BCUT2D eigenvalue weighted by Crippen LogP contribution is 2.35. The molecule has 5 rings (SSSR count). The van der Waals surface area contributed by atoms with Crippen molar-refractivity contribution in [3.63, 3.8) is 0 Å². The van der Waals surface area contributed by atoms with Crippen molar-refractivity contribution < 1.29 is 41.8 Å². The van der Waals surface area contributed by atoms with Crippen LogP contribution in [0.3, 0.4) is 0 Å². The lowest BCUT2D eigenvalue weighted by Crippen LogP contribution is -2.51. The summed E-state index contributed by atoms with van der Waals surface area (Å²) >= 11 is 0. The number of rotatable bonds is 8. The van der Waals surface area contributed by atoms with Gasteiger partial charge in [-0.1, -0.05) is 26.3 Å². The first-order valence-electron chi connectivity index (χ1n) is 18.8. The minimum Gasteiger partial charge on any atom is -0.493 e. The number of methoxy groups -OCH3 is 2. The maximum absolute atomic E-state index is 14.1. The van der Waals surface area contributed by atoms with Crippen molar-refractivity contribution in [3.05, 3.63) is 53.6 Å². The fourth-order valence-electron chi connectivity index (χ4n) is 6.68. The van der Waals surface area contributed by atoms with E-state index in [4.69, 9.17) is 19.2 Å². The lowest BCUT2D eigenvalue weighted by atomic mass is 9.97. The SMILES string of the molecule is CC[C@H](C)[C@@H]1NC(=O)CCCN(S(=O)(=O)c2ccc3c(c2)N(C(C)=O)CCO3)CCCNC(=O)Cn2nc(Cc3ccc(OC)c(OC)c3)nc2[C@@H](C)NC1=O. The predicted molar refractivity (Wildman–Crippen MR) is 206 cm³/mol. The summed E-state index contributed by atoms with van der Waals surface area (Å²) in [7, 11) is -1.03. The normalized spacial score (nSPS) is 19.8. The summed E-state index contributed by atoms with van der Waals surface area (Å²) in [6, 6.07) is 8.27. The molecule has 3 atom stereocenters. The lowest BCUT2D eigenvalue weighted by Gasteiger charge is -2.30. The first-order valence-corrected chi connectivity index (χ1v) is 20.3. The summed E-state index contributed by atoms with van der Waals surface area (Å²) < 4.78 is 47.4. The Bertz CT molecular complexity index is 2020. The maximum Gasteiger partial charge on any atom is 0.243 e. The Labute approximate surface area is 327 Å². The van der Waals surface area contributed by atoms with E-state index >= 15 is 0 Å². The van der Waals surface area contributed by atoms with Crippen LogP contribution in [-0.4, -0.2) is 104 Å². The molecule has 0 spiro atoms. The van der Waals surface area contributed by atoms with Crippen LogP contribution in [-0.2, 0) is 42.2 Å². The van der Waals surface area contributed by atoms with Crippen LogP contribution < -0.4 is 35.1 Å². The number of fused-ring (bicyclic) bond motifs is 2. The van der Waals surface area contributed by atoms with Gasteiger partial charge in [-0.2, -0.15) is 9.40 Å². The van der Waals surface area contributed by atoms with Gasteiger partial charge in [-0.15, -0.1) is 0 Å². The molecule has 56 heavy (non-hydrogen) atoms. The van der Waals surface area contributed by atoms with Crippen molar-refractivity contribution in [1.82, 2.24) is 35.0 Å². The number of anilines is 1. The highest BCUT2D eigenvalue weighted by Gasteiger charge is 2.31. The molecule has 17 nitrogen and oxygen atoms in total. The molecule has 3 aromatic rings. The second-order valence-electron chi connectivity index (χ2n) is 13.9. The minimum absolute atomic E-state index is 0.00387. The quantitative estimate of drug-likeness (QED) is 0.302. The van der Waals surface area contributed by atoms with Gasteiger partial charge in [0.25, 0.3) is 0 Å². The highest BCUT2D eigenvalue weighted by atomic mass is 32.2. The third kappa shape index (κ3) is 9.95. The minimum atomic E-state index is -4.12. The zero-order valence-corrected chi connectivity index (χ0v) is 33.6. The fraction of sp³-hybridized carbons (Fsp3) is 0.526. The molecule has 304 valence electrons.